The van der Waals surface area contributed by atoms with E-state index in [-0.39, 0.29) is 6.10 Å². The number of hydrogen-bond donors (Lipinski definition) is 1. The van der Waals surface area contributed by atoms with Crippen molar-refractivity contribution in [1.29, 1.82) is 0 Å². The second kappa shape index (κ2) is 4.98. The van der Waals surface area contributed by atoms with Crippen molar-refractivity contribution in [2.45, 2.75) is 45.8 Å². The summed E-state index contributed by atoms with van der Waals surface area (Å²) in [5.74, 6) is 0. The number of methoxy groups -OCH3 is 1. The quantitative estimate of drug-likeness (QED) is 0.848. The second-order valence-electron chi connectivity index (χ2n) is 4.91. The number of aryl methyl sites for hydroxylation is 2. The molecule has 2 nitrogen and oxygen atoms in total. The van der Waals surface area contributed by atoms with Gasteiger partial charge >= 0.3 is 0 Å². The number of benzene rings is 1. The third kappa shape index (κ3) is 3.32. The standard InChI is InChI=1S/C14H22O2/c1-10-6-11(2)8-13(7-10)9-14(4,15)12(3)16-5/h6-8,12,15H,9H2,1-5H3. The van der Waals surface area contributed by atoms with E-state index in [1.165, 1.54) is 11.1 Å². The van der Waals surface area contributed by atoms with Gasteiger partial charge in [-0.1, -0.05) is 29.3 Å². The van der Waals surface area contributed by atoms with E-state index in [1.54, 1.807) is 7.11 Å². The van der Waals surface area contributed by atoms with Crippen LogP contribution in [0.5, 0.6) is 0 Å². The van der Waals surface area contributed by atoms with Crippen LogP contribution < -0.4 is 0 Å². The first-order chi connectivity index (χ1) is 7.35. The summed E-state index contributed by atoms with van der Waals surface area (Å²) >= 11 is 0. The van der Waals surface area contributed by atoms with Crippen LogP contribution in [0, 0.1) is 13.8 Å². The monoisotopic (exact) mass is 222 g/mol. The van der Waals surface area contributed by atoms with Gasteiger partial charge in [-0.05, 0) is 33.3 Å². The first-order valence-corrected chi connectivity index (χ1v) is 5.67. The molecule has 1 rings (SSSR count). The molecule has 0 saturated heterocycles. The highest BCUT2D eigenvalue weighted by Gasteiger charge is 2.28. The van der Waals surface area contributed by atoms with Crippen molar-refractivity contribution in [3.63, 3.8) is 0 Å². The van der Waals surface area contributed by atoms with Gasteiger partial charge in [0.2, 0.25) is 0 Å². The molecule has 0 saturated carbocycles. The summed E-state index contributed by atoms with van der Waals surface area (Å²) in [4.78, 5) is 0. The third-order valence-electron chi connectivity index (χ3n) is 3.07. The third-order valence-corrected chi connectivity index (χ3v) is 3.07. The van der Waals surface area contributed by atoms with Gasteiger partial charge in [-0.15, -0.1) is 0 Å². The van der Waals surface area contributed by atoms with Gasteiger partial charge < -0.3 is 9.84 Å². The Bertz CT molecular complexity index is 336. The van der Waals surface area contributed by atoms with Gasteiger partial charge in [0.15, 0.2) is 0 Å². The Balaban J connectivity index is 2.87. The van der Waals surface area contributed by atoms with Gasteiger partial charge in [0, 0.05) is 13.5 Å². The molecule has 2 unspecified atom stereocenters. The van der Waals surface area contributed by atoms with Crippen LogP contribution in [0.2, 0.25) is 0 Å². The molecule has 2 atom stereocenters. The van der Waals surface area contributed by atoms with Crippen LogP contribution in [0.4, 0.5) is 0 Å². The van der Waals surface area contributed by atoms with E-state index >= 15 is 0 Å². The van der Waals surface area contributed by atoms with E-state index in [0.717, 1.165) is 5.56 Å². The fourth-order valence-electron chi connectivity index (χ4n) is 1.98. The maximum absolute atomic E-state index is 10.3. The van der Waals surface area contributed by atoms with Gasteiger partial charge in [0.1, 0.15) is 0 Å². The van der Waals surface area contributed by atoms with Crippen molar-refractivity contribution in [2.24, 2.45) is 0 Å². The maximum atomic E-state index is 10.3. The molecular formula is C14H22O2. The number of rotatable bonds is 4. The molecule has 0 spiro atoms. The topological polar surface area (TPSA) is 29.5 Å². The average molecular weight is 222 g/mol. The largest absolute Gasteiger partial charge is 0.387 e. The Kier molecular flexibility index (Phi) is 4.11. The van der Waals surface area contributed by atoms with Crippen molar-refractivity contribution in [2.75, 3.05) is 7.11 Å². The molecule has 90 valence electrons. The van der Waals surface area contributed by atoms with Crippen LogP contribution >= 0.6 is 0 Å². The molecule has 0 amide bonds. The zero-order chi connectivity index (χ0) is 12.3. The zero-order valence-electron chi connectivity index (χ0n) is 10.9. The highest BCUT2D eigenvalue weighted by Crippen LogP contribution is 2.20. The minimum atomic E-state index is -0.824. The molecule has 0 aliphatic heterocycles. The van der Waals surface area contributed by atoms with Crippen LogP contribution in [0.3, 0.4) is 0 Å². The Morgan fingerprint density at radius 1 is 1.25 bits per heavy atom. The number of hydrogen-bond acceptors (Lipinski definition) is 2. The fourth-order valence-corrected chi connectivity index (χ4v) is 1.98. The molecule has 1 N–H and O–H groups in total. The predicted octanol–water partition coefficient (Wildman–Crippen LogP) is 2.63. The fraction of sp³-hybridized carbons (Fsp3) is 0.571. The highest BCUT2D eigenvalue weighted by molar-refractivity contribution is 5.29. The molecule has 0 fully saturated rings. The summed E-state index contributed by atoms with van der Waals surface area (Å²) in [5, 5.41) is 10.3. The predicted molar refractivity (Wildman–Crippen MR) is 66.7 cm³/mol. The van der Waals surface area contributed by atoms with Crippen molar-refractivity contribution in [1.82, 2.24) is 0 Å². The summed E-state index contributed by atoms with van der Waals surface area (Å²) in [6, 6.07) is 6.37. The lowest BCUT2D eigenvalue weighted by Crippen LogP contribution is -2.40. The minimum Gasteiger partial charge on any atom is -0.387 e. The van der Waals surface area contributed by atoms with E-state index in [4.69, 9.17) is 4.74 Å². The lowest BCUT2D eigenvalue weighted by Gasteiger charge is -2.29. The molecule has 0 aromatic heterocycles. The smallest absolute Gasteiger partial charge is 0.0917 e. The van der Waals surface area contributed by atoms with Crippen molar-refractivity contribution < 1.29 is 9.84 Å². The van der Waals surface area contributed by atoms with E-state index in [9.17, 15) is 5.11 Å². The molecule has 0 aliphatic rings. The minimum absolute atomic E-state index is 0.173. The van der Waals surface area contributed by atoms with Crippen LogP contribution in [0.15, 0.2) is 18.2 Å². The van der Waals surface area contributed by atoms with Gasteiger partial charge in [-0.25, -0.2) is 0 Å². The Morgan fingerprint density at radius 3 is 2.19 bits per heavy atom. The average Bonchev–Trinajstić information content (AvgIpc) is 2.13. The van der Waals surface area contributed by atoms with E-state index in [0.29, 0.717) is 6.42 Å². The first kappa shape index (κ1) is 13.2. The lowest BCUT2D eigenvalue weighted by molar-refractivity contribution is -0.0715. The van der Waals surface area contributed by atoms with Crippen LogP contribution in [-0.2, 0) is 11.2 Å². The molecule has 1 aromatic rings. The SMILES string of the molecule is COC(C)C(C)(O)Cc1cc(C)cc(C)c1. The van der Waals surface area contributed by atoms with Crippen molar-refractivity contribution in [3.05, 3.63) is 34.9 Å². The summed E-state index contributed by atoms with van der Waals surface area (Å²) in [6.07, 6.45) is 0.443. The van der Waals surface area contributed by atoms with Gasteiger partial charge in [-0.3, -0.25) is 0 Å². The van der Waals surface area contributed by atoms with Crippen LogP contribution in [0.1, 0.15) is 30.5 Å². The van der Waals surface area contributed by atoms with Crippen molar-refractivity contribution in [3.8, 4) is 0 Å². The normalized spacial score (nSPS) is 16.9. The van der Waals surface area contributed by atoms with Crippen molar-refractivity contribution >= 4 is 0 Å². The first-order valence-electron chi connectivity index (χ1n) is 5.67. The molecule has 2 heteroatoms. The van der Waals surface area contributed by atoms with E-state index in [2.05, 4.69) is 32.0 Å². The second-order valence-corrected chi connectivity index (χ2v) is 4.91. The molecule has 0 bridgehead atoms. The van der Waals surface area contributed by atoms with Gasteiger partial charge in [-0.2, -0.15) is 0 Å². The molecule has 16 heavy (non-hydrogen) atoms. The number of aliphatic hydroxyl groups is 1. The van der Waals surface area contributed by atoms with E-state index in [1.807, 2.05) is 13.8 Å². The lowest BCUT2D eigenvalue weighted by atomic mass is 9.90. The van der Waals surface area contributed by atoms with Crippen LogP contribution in [0.25, 0.3) is 0 Å². The Labute approximate surface area is 98.3 Å². The van der Waals surface area contributed by atoms with Crippen LogP contribution in [-0.4, -0.2) is 23.9 Å². The molecule has 1 aromatic carbocycles. The maximum Gasteiger partial charge on any atom is 0.0917 e. The Hall–Kier alpha value is -0.860. The molecule has 0 aliphatic carbocycles. The molecule has 0 heterocycles. The highest BCUT2D eigenvalue weighted by atomic mass is 16.5. The van der Waals surface area contributed by atoms with E-state index < -0.39 is 5.60 Å². The summed E-state index contributed by atoms with van der Waals surface area (Å²) in [5.41, 5.74) is 2.80. The number of ether oxygens (including phenoxy) is 1. The Morgan fingerprint density at radius 2 is 1.75 bits per heavy atom. The molecule has 0 radical (unpaired) electrons. The zero-order valence-corrected chi connectivity index (χ0v) is 10.9. The van der Waals surface area contributed by atoms with Gasteiger partial charge in [0.05, 0.1) is 11.7 Å². The summed E-state index contributed by atoms with van der Waals surface area (Å²) in [6.45, 7) is 7.86. The molecular weight excluding hydrogens is 200 g/mol. The summed E-state index contributed by atoms with van der Waals surface area (Å²) < 4.78 is 5.20. The van der Waals surface area contributed by atoms with Gasteiger partial charge in [0.25, 0.3) is 0 Å². The summed E-state index contributed by atoms with van der Waals surface area (Å²) in [7, 11) is 1.63.